The molecule has 16 heavy (non-hydrogen) atoms. The molecule has 0 aliphatic rings. The summed E-state index contributed by atoms with van der Waals surface area (Å²) in [5.41, 5.74) is 1.16. The van der Waals surface area contributed by atoms with Crippen LogP contribution >= 0.6 is 11.6 Å². The maximum absolute atomic E-state index is 7.37. The zero-order chi connectivity index (χ0) is 10.7. The Balaban J connectivity index is 0.00000128. The lowest BCUT2D eigenvalue weighted by Gasteiger charge is -2.06. The maximum atomic E-state index is 7.37. The molecule has 0 bridgehead atoms. The summed E-state index contributed by atoms with van der Waals surface area (Å²) in [6.07, 6.45) is 3.78. The van der Waals surface area contributed by atoms with Gasteiger partial charge < -0.3 is 22.4 Å². The molecule has 1 aromatic carbocycles. The summed E-state index contributed by atoms with van der Waals surface area (Å²) >= 11 is 5.90. The van der Waals surface area contributed by atoms with Crippen molar-refractivity contribution < 1.29 is 12.4 Å². The van der Waals surface area contributed by atoms with Crippen molar-refractivity contribution in [2.45, 2.75) is 6.54 Å². The number of hydrogen-bond acceptors (Lipinski definition) is 1. The average Bonchev–Trinajstić information content (AvgIpc) is 2.22. The smallest absolute Gasteiger partial charge is 0.0568 e. The number of pyridine rings is 1. The molecule has 4 heteroatoms. The summed E-state index contributed by atoms with van der Waals surface area (Å²) in [4.78, 5) is 0. The summed E-state index contributed by atoms with van der Waals surface area (Å²) < 4.78 is 2.02. The highest BCUT2D eigenvalue weighted by atomic mass is 35.5. The molecule has 2 nitrogen and oxygen atoms in total. The van der Waals surface area contributed by atoms with Crippen molar-refractivity contribution in [1.29, 1.82) is 5.41 Å². The number of hydrogen-bond donors (Lipinski definition) is 1. The lowest BCUT2D eigenvalue weighted by molar-refractivity contribution is -0.00000319. The third-order valence-corrected chi connectivity index (χ3v) is 2.38. The van der Waals surface area contributed by atoms with Crippen LogP contribution in [-0.2, 0) is 6.54 Å². The molecule has 0 amide bonds. The highest BCUT2D eigenvalue weighted by Gasteiger charge is 1.94. The summed E-state index contributed by atoms with van der Waals surface area (Å²) in [6, 6.07) is 11.3. The van der Waals surface area contributed by atoms with Gasteiger partial charge in [-0.25, -0.2) is 0 Å². The summed E-state index contributed by atoms with van der Waals surface area (Å²) in [5.74, 6) is 0. The van der Waals surface area contributed by atoms with Crippen molar-refractivity contribution in [1.82, 2.24) is 4.57 Å². The Morgan fingerprint density at radius 3 is 2.44 bits per heavy atom. The number of nitrogens with one attached hydrogen (secondary N) is 1. The Morgan fingerprint density at radius 1 is 1.12 bits per heavy atom. The Kier molecular flexibility index (Phi) is 4.59. The molecule has 84 valence electrons. The molecular weight excluding hydrogens is 243 g/mol. The van der Waals surface area contributed by atoms with Crippen molar-refractivity contribution in [2.75, 3.05) is 0 Å². The minimum atomic E-state index is 0. The highest BCUT2D eigenvalue weighted by Crippen LogP contribution is 2.11. The predicted octanol–water partition coefficient (Wildman–Crippen LogP) is -0.327. The van der Waals surface area contributed by atoms with Crippen LogP contribution in [0.15, 0.2) is 48.8 Å². The molecule has 2 aromatic rings. The number of benzene rings is 1. The van der Waals surface area contributed by atoms with Gasteiger partial charge in [-0.2, -0.15) is 0 Å². The maximum Gasteiger partial charge on any atom is 0.0568 e. The van der Waals surface area contributed by atoms with E-state index in [0.29, 0.717) is 5.36 Å². The minimum Gasteiger partial charge on any atom is -1.00 e. The fourth-order valence-electron chi connectivity index (χ4n) is 1.41. The highest BCUT2D eigenvalue weighted by molar-refractivity contribution is 6.30. The second-order valence-corrected chi connectivity index (χ2v) is 3.83. The van der Waals surface area contributed by atoms with Gasteiger partial charge >= 0.3 is 0 Å². The first-order valence-electron chi connectivity index (χ1n) is 4.69. The topological polar surface area (TPSA) is 28.8 Å². The van der Waals surface area contributed by atoms with Crippen LogP contribution < -0.4 is 17.8 Å². The fourth-order valence-corrected chi connectivity index (χ4v) is 1.62. The van der Waals surface area contributed by atoms with E-state index in [1.54, 1.807) is 12.1 Å². The van der Waals surface area contributed by atoms with Crippen molar-refractivity contribution in [2.24, 2.45) is 0 Å². The normalized spacial score (nSPS) is 9.56. The number of aromatic nitrogens is 1. The molecule has 1 heterocycles. The van der Waals surface area contributed by atoms with E-state index < -0.39 is 0 Å². The van der Waals surface area contributed by atoms with E-state index in [1.807, 2.05) is 41.2 Å². The van der Waals surface area contributed by atoms with E-state index in [1.165, 1.54) is 0 Å². The van der Waals surface area contributed by atoms with Gasteiger partial charge in [0.15, 0.2) is 0 Å². The molecule has 0 radical (unpaired) electrons. The van der Waals surface area contributed by atoms with Gasteiger partial charge in [0.2, 0.25) is 0 Å². The van der Waals surface area contributed by atoms with Gasteiger partial charge in [0, 0.05) is 24.0 Å². The third kappa shape index (κ3) is 3.40. The van der Waals surface area contributed by atoms with Crippen molar-refractivity contribution in [3.8, 4) is 0 Å². The van der Waals surface area contributed by atoms with Crippen LogP contribution in [0.5, 0.6) is 0 Å². The van der Waals surface area contributed by atoms with Gasteiger partial charge in [0.25, 0.3) is 0 Å². The van der Waals surface area contributed by atoms with E-state index in [0.717, 1.165) is 17.1 Å². The molecule has 0 unspecified atom stereocenters. The summed E-state index contributed by atoms with van der Waals surface area (Å²) in [6.45, 7) is 0.779. The monoisotopic (exact) mass is 253 g/mol. The van der Waals surface area contributed by atoms with Crippen LogP contribution in [0, 0.1) is 5.41 Å². The molecule has 0 aliphatic carbocycles. The largest absolute Gasteiger partial charge is 1.00 e. The molecule has 0 fully saturated rings. The zero-order valence-corrected chi connectivity index (χ0v) is 10.0. The van der Waals surface area contributed by atoms with E-state index in [2.05, 4.69) is 0 Å². The predicted molar refractivity (Wildman–Crippen MR) is 60.8 cm³/mol. The first-order valence-corrected chi connectivity index (χ1v) is 5.07. The quantitative estimate of drug-likeness (QED) is 0.760. The van der Waals surface area contributed by atoms with Crippen LogP contribution in [0.25, 0.3) is 0 Å². The standard InChI is InChI=1S/C12H11ClN2.ClH/c13-11-3-1-2-10(8-11)9-15-6-4-12(14)5-7-15;/h1-8,14H,9H2;1H/p-1. The molecular formula is C12H11Cl2N2-. The Bertz CT molecular complexity index is 500. The van der Waals surface area contributed by atoms with E-state index in [4.69, 9.17) is 17.0 Å². The molecule has 0 saturated carbocycles. The molecule has 0 atom stereocenters. The van der Waals surface area contributed by atoms with Crippen molar-refractivity contribution >= 4 is 11.6 Å². The Hall–Kier alpha value is -1.25. The van der Waals surface area contributed by atoms with Crippen LogP contribution in [0.2, 0.25) is 5.02 Å². The minimum absolute atomic E-state index is 0. The number of nitrogens with zero attached hydrogens (tertiary/aromatic N) is 1. The number of halogens is 2. The number of rotatable bonds is 2. The van der Waals surface area contributed by atoms with E-state index in [-0.39, 0.29) is 12.4 Å². The van der Waals surface area contributed by atoms with Gasteiger partial charge in [-0.1, -0.05) is 23.7 Å². The van der Waals surface area contributed by atoms with Gasteiger partial charge in [0.05, 0.1) is 5.36 Å². The van der Waals surface area contributed by atoms with Gasteiger partial charge in [-0.05, 0) is 29.8 Å². The fraction of sp³-hybridized carbons (Fsp3) is 0.0833. The second-order valence-electron chi connectivity index (χ2n) is 3.39. The van der Waals surface area contributed by atoms with Crippen molar-refractivity contribution in [3.05, 3.63) is 64.7 Å². The first-order chi connectivity index (χ1) is 7.24. The van der Waals surface area contributed by atoms with Crippen LogP contribution in [0.4, 0.5) is 0 Å². The van der Waals surface area contributed by atoms with E-state index >= 15 is 0 Å². The Labute approximate surface area is 105 Å². The van der Waals surface area contributed by atoms with Gasteiger partial charge in [-0.3, -0.25) is 0 Å². The van der Waals surface area contributed by atoms with Crippen molar-refractivity contribution in [3.63, 3.8) is 0 Å². The van der Waals surface area contributed by atoms with Gasteiger partial charge in [0.1, 0.15) is 0 Å². The lowest BCUT2D eigenvalue weighted by atomic mass is 10.2. The molecule has 1 aromatic heterocycles. The van der Waals surface area contributed by atoms with Gasteiger partial charge in [-0.15, -0.1) is 0 Å². The lowest BCUT2D eigenvalue weighted by Crippen LogP contribution is -3.00. The van der Waals surface area contributed by atoms with Crippen LogP contribution in [0.1, 0.15) is 5.56 Å². The molecule has 0 aliphatic heterocycles. The molecule has 1 N–H and O–H groups in total. The second kappa shape index (κ2) is 5.73. The first kappa shape index (κ1) is 12.8. The summed E-state index contributed by atoms with van der Waals surface area (Å²) in [7, 11) is 0. The van der Waals surface area contributed by atoms with Crippen LogP contribution in [-0.4, -0.2) is 4.57 Å². The van der Waals surface area contributed by atoms with Crippen LogP contribution in [0.3, 0.4) is 0 Å². The average molecular weight is 254 g/mol. The zero-order valence-electron chi connectivity index (χ0n) is 8.53. The molecule has 2 rings (SSSR count). The third-order valence-electron chi connectivity index (χ3n) is 2.15. The SMILES string of the molecule is N=c1ccn(Cc2cccc(Cl)c2)cc1.[Cl-]. The van der Waals surface area contributed by atoms with E-state index in [9.17, 15) is 0 Å². The summed E-state index contributed by atoms with van der Waals surface area (Å²) in [5, 5.41) is 8.65. The molecule has 0 saturated heterocycles. The molecule has 0 spiro atoms. The Morgan fingerprint density at radius 2 is 1.81 bits per heavy atom.